The predicted octanol–water partition coefficient (Wildman–Crippen LogP) is 1.95. The number of imidazole rings is 1. The molecule has 0 aliphatic carbocycles. The number of hydrogen-bond acceptors (Lipinski definition) is 3. The quantitative estimate of drug-likeness (QED) is 0.605. The highest BCUT2D eigenvalue weighted by Gasteiger charge is 2.16. The third kappa shape index (κ3) is 3.07. The molecule has 1 aromatic rings. The van der Waals surface area contributed by atoms with E-state index >= 15 is 0 Å². The first-order chi connectivity index (χ1) is 6.99. The Morgan fingerprint density at radius 3 is 2.73 bits per heavy atom. The Labute approximate surface area is 94.0 Å². The first-order valence-corrected chi connectivity index (χ1v) is 6.91. The lowest BCUT2D eigenvalue weighted by Crippen LogP contribution is -1.99. The van der Waals surface area contributed by atoms with Gasteiger partial charge in [0, 0.05) is 29.8 Å². The average molecular weight is 249 g/mol. The lowest BCUT2D eigenvalue weighted by Gasteiger charge is -2.00. The van der Waals surface area contributed by atoms with Gasteiger partial charge in [0.2, 0.25) is 0 Å². The summed E-state index contributed by atoms with van der Waals surface area (Å²) < 4.78 is 23.9. The molecule has 0 spiro atoms. The summed E-state index contributed by atoms with van der Waals surface area (Å²) in [5.74, 6) is 0.715. The van der Waals surface area contributed by atoms with Crippen LogP contribution >= 0.6 is 10.7 Å². The van der Waals surface area contributed by atoms with Gasteiger partial charge in [-0.05, 0) is 6.92 Å². The molecule has 1 aromatic heterocycles. The van der Waals surface area contributed by atoms with Crippen LogP contribution in [0.3, 0.4) is 0 Å². The van der Waals surface area contributed by atoms with Crippen molar-refractivity contribution in [2.45, 2.75) is 31.8 Å². The molecule has 0 fully saturated rings. The van der Waals surface area contributed by atoms with E-state index in [1.165, 1.54) is 6.20 Å². The lowest BCUT2D eigenvalue weighted by atomic mass is 10.4. The SMILES string of the molecule is C/C=C/Cn1cc(S(=O)(=O)Cl)nc1CC. The van der Waals surface area contributed by atoms with E-state index < -0.39 is 9.05 Å². The van der Waals surface area contributed by atoms with Crippen LogP contribution in [0.4, 0.5) is 0 Å². The predicted molar refractivity (Wildman–Crippen MR) is 59.5 cm³/mol. The smallest absolute Gasteiger partial charge is 0.280 e. The van der Waals surface area contributed by atoms with Gasteiger partial charge in [-0.2, -0.15) is 0 Å². The molecule has 4 nitrogen and oxygen atoms in total. The van der Waals surface area contributed by atoms with Crippen molar-refractivity contribution in [2.24, 2.45) is 0 Å². The Morgan fingerprint density at radius 2 is 2.27 bits per heavy atom. The van der Waals surface area contributed by atoms with Gasteiger partial charge in [0.05, 0.1) is 0 Å². The summed E-state index contributed by atoms with van der Waals surface area (Å²) in [6.45, 7) is 4.43. The number of hydrogen-bond donors (Lipinski definition) is 0. The van der Waals surface area contributed by atoms with Crippen molar-refractivity contribution < 1.29 is 8.42 Å². The van der Waals surface area contributed by atoms with Crippen molar-refractivity contribution in [1.82, 2.24) is 9.55 Å². The molecule has 0 amide bonds. The summed E-state index contributed by atoms with van der Waals surface area (Å²) >= 11 is 0. The minimum atomic E-state index is -3.72. The number of nitrogens with zero attached hydrogens (tertiary/aromatic N) is 2. The Morgan fingerprint density at radius 1 is 1.60 bits per heavy atom. The number of halogens is 1. The molecule has 1 heterocycles. The van der Waals surface area contributed by atoms with Gasteiger partial charge in [0.1, 0.15) is 5.82 Å². The Bertz CT molecular complexity index is 462. The molecule has 0 N–H and O–H groups in total. The summed E-state index contributed by atoms with van der Waals surface area (Å²) in [7, 11) is 1.49. The zero-order valence-electron chi connectivity index (χ0n) is 8.64. The van der Waals surface area contributed by atoms with Gasteiger partial charge in [-0.25, -0.2) is 13.4 Å². The van der Waals surface area contributed by atoms with Crippen LogP contribution in [0.1, 0.15) is 19.7 Å². The summed E-state index contributed by atoms with van der Waals surface area (Å²) in [6.07, 6.45) is 5.95. The molecular weight excluding hydrogens is 236 g/mol. The second kappa shape index (κ2) is 4.81. The van der Waals surface area contributed by atoms with E-state index in [4.69, 9.17) is 10.7 Å². The highest BCUT2D eigenvalue weighted by Crippen LogP contribution is 2.14. The molecule has 0 saturated heterocycles. The van der Waals surface area contributed by atoms with Crippen molar-refractivity contribution in [3.63, 3.8) is 0 Å². The van der Waals surface area contributed by atoms with Gasteiger partial charge >= 0.3 is 0 Å². The summed E-state index contributed by atoms with van der Waals surface area (Å²) in [5, 5.41) is -0.0782. The Hall–Kier alpha value is -0.810. The first-order valence-electron chi connectivity index (χ1n) is 4.61. The van der Waals surface area contributed by atoms with E-state index in [1.807, 2.05) is 26.0 Å². The Balaban J connectivity index is 3.11. The van der Waals surface area contributed by atoms with Gasteiger partial charge in [-0.15, -0.1) is 0 Å². The van der Waals surface area contributed by atoms with Gasteiger partial charge in [-0.3, -0.25) is 0 Å². The molecule has 0 aliphatic heterocycles. The van der Waals surface area contributed by atoms with Crippen LogP contribution < -0.4 is 0 Å². The topological polar surface area (TPSA) is 52.0 Å². The maximum atomic E-state index is 11.1. The van der Waals surface area contributed by atoms with Crippen molar-refractivity contribution >= 4 is 19.7 Å². The first kappa shape index (κ1) is 12.3. The molecule has 6 heteroatoms. The third-order valence-electron chi connectivity index (χ3n) is 1.94. The molecule has 0 bridgehead atoms. The van der Waals surface area contributed by atoms with Crippen LogP contribution in [0.25, 0.3) is 0 Å². The normalized spacial score (nSPS) is 12.5. The number of aromatic nitrogens is 2. The fraction of sp³-hybridized carbons (Fsp3) is 0.444. The fourth-order valence-corrected chi connectivity index (χ4v) is 1.90. The standard InChI is InChI=1S/C9H13ClN2O2S/c1-3-5-6-12-7-9(15(10,13)14)11-8(12)4-2/h3,5,7H,4,6H2,1-2H3/b5-3+. The van der Waals surface area contributed by atoms with E-state index in [0.29, 0.717) is 18.8 Å². The largest absolute Gasteiger partial charge is 0.330 e. The minimum absolute atomic E-state index is 0.0782. The van der Waals surface area contributed by atoms with E-state index in [1.54, 1.807) is 4.57 Å². The zero-order chi connectivity index (χ0) is 11.5. The molecule has 0 radical (unpaired) electrons. The molecule has 0 aliphatic rings. The fourth-order valence-electron chi connectivity index (χ4n) is 1.20. The van der Waals surface area contributed by atoms with E-state index in [0.717, 1.165) is 0 Å². The van der Waals surface area contributed by atoms with Crippen molar-refractivity contribution in [1.29, 1.82) is 0 Å². The van der Waals surface area contributed by atoms with E-state index in [2.05, 4.69) is 4.98 Å². The van der Waals surface area contributed by atoms with Crippen molar-refractivity contribution in [3.05, 3.63) is 24.2 Å². The lowest BCUT2D eigenvalue weighted by molar-refractivity contribution is 0.606. The van der Waals surface area contributed by atoms with Crippen LogP contribution in [0.15, 0.2) is 23.4 Å². The van der Waals surface area contributed by atoms with Crippen molar-refractivity contribution in [2.75, 3.05) is 0 Å². The highest BCUT2D eigenvalue weighted by molar-refractivity contribution is 8.13. The molecule has 0 atom stereocenters. The zero-order valence-corrected chi connectivity index (χ0v) is 10.2. The molecular formula is C9H13ClN2O2S. The van der Waals surface area contributed by atoms with Crippen LogP contribution in [0, 0.1) is 0 Å². The molecule has 0 unspecified atom stereocenters. The van der Waals surface area contributed by atoms with Gasteiger partial charge in [0.25, 0.3) is 9.05 Å². The van der Waals surface area contributed by atoms with Crippen molar-refractivity contribution in [3.8, 4) is 0 Å². The summed E-state index contributed by atoms with van der Waals surface area (Å²) in [4.78, 5) is 3.96. The average Bonchev–Trinajstić information content (AvgIpc) is 2.57. The second-order valence-electron chi connectivity index (χ2n) is 3.01. The number of allylic oxidation sites excluding steroid dienone is 2. The monoisotopic (exact) mass is 248 g/mol. The summed E-state index contributed by atoms with van der Waals surface area (Å²) in [5.41, 5.74) is 0. The molecule has 15 heavy (non-hydrogen) atoms. The van der Waals surface area contributed by atoms with Gasteiger partial charge in [-0.1, -0.05) is 19.1 Å². The molecule has 0 saturated carbocycles. The minimum Gasteiger partial charge on any atom is -0.330 e. The maximum absolute atomic E-state index is 11.1. The third-order valence-corrected chi connectivity index (χ3v) is 3.11. The molecule has 84 valence electrons. The van der Waals surface area contributed by atoms with Crippen LogP contribution in [0.2, 0.25) is 0 Å². The summed E-state index contributed by atoms with van der Waals surface area (Å²) in [6, 6.07) is 0. The second-order valence-corrected chi connectivity index (χ2v) is 5.52. The van der Waals surface area contributed by atoms with Gasteiger partial charge < -0.3 is 4.57 Å². The van der Waals surface area contributed by atoms with Crippen LogP contribution in [0.5, 0.6) is 0 Å². The Kier molecular flexibility index (Phi) is 3.93. The van der Waals surface area contributed by atoms with Crippen LogP contribution in [-0.2, 0) is 22.0 Å². The van der Waals surface area contributed by atoms with Crippen LogP contribution in [-0.4, -0.2) is 18.0 Å². The van der Waals surface area contributed by atoms with E-state index in [-0.39, 0.29) is 5.03 Å². The molecule has 1 rings (SSSR count). The number of rotatable bonds is 4. The van der Waals surface area contributed by atoms with Gasteiger partial charge in [0.15, 0.2) is 5.03 Å². The molecule has 0 aromatic carbocycles. The highest BCUT2D eigenvalue weighted by atomic mass is 35.7. The maximum Gasteiger partial charge on any atom is 0.280 e. The van der Waals surface area contributed by atoms with E-state index in [9.17, 15) is 8.42 Å². The number of aryl methyl sites for hydroxylation is 1.